The second kappa shape index (κ2) is 8.12. The first kappa shape index (κ1) is 20.0. The largest absolute Gasteiger partial charge is 0.497 e. The first-order chi connectivity index (χ1) is 13.3. The highest BCUT2D eigenvalue weighted by atomic mass is 32.1. The van der Waals surface area contributed by atoms with Gasteiger partial charge in [-0.15, -0.1) is 11.3 Å². The quantitative estimate of drug-likeness (QED) is 0.656. The smallest absolute Gasteiger partial charge is 0.244 e. The third-order valence-electron chi connectivity index (χ3n) is 4.76. The predicted octanol–water partition coefficient (Wildman–Crippen LogP) is 4.18. The van der Waals surface area contributed by atoms with Crippen molar-refractivity contribution < 1.29 is 9.53 Å². The van der Waals surface area contributed by atoms with Crippen LogP contribution in [0.5, 0.6) is 5.75 Å². The van der Waals surface area contributed by atoms with Gasteiger partial charge in [0.2, 0.25) is 5.91 Å². The molecule has 0 bridgehead atoms. The lowest BCUT2D eigenvalue weighted by atomic mass is 9.92. The molecule has 3 rings (SSSR count). The summed E-state index contributed by atoms with van der Waals surface area (Å²) >= 11 is 1.58. The molecule has 5 nitrogen and oxygen atoms in total. The lowest BCUT2D eigenvalue weighted by Gasteiger charge is -2.26. The molecule has 2 unspecified atom stereocenters. The maximum atomic E-state index is 12.8. The number of nitrogens with two attached hydrogens (primary N) is 1. The Hall–Kier alpha value is -2.70. The molecule has 146 valence electrons. The number of amides is 1. The average molecular weight is 396 g/mol. The number of hydrogen-bond acceptors (Lipinski definition) is 5. The van der Waals surface area contributed by atoms with Crippen molar-refractivity contribution in [3.05, 3.63) is 70.7 Å². The summed E-state index contributed by atoms with van der Waals surface area (Å²) in [6, 6.07) is 17.0. The van der Waals surface area contributed by atoms with Crippen molar-refractivity contribution >= 4 is 17.2 Å². The number of methoxy groups -OCH3 is 1. The Balaban J connectivity index is 1.78. The monoisotopic (exact) mass is 395 g/mol. The van der Waals surface area contributed by atoms with Crippen LogP contribution in [-0.2, 0) is 10.3 Å². The van der Waals surface area contributed by atoms with Crippen LogP contribution in [0.15, 0.2) is 54.6 Å². The third kappa shape index (κ3) is 4.08. The van der Waals surface area contributed by atoms with E-state index in [1.54, 1.807) is 25.4 Å². The summed E-state index contributed by atoms with van der Waals surface area (Å²) in [5, 5.41) is 3.96. The molecular formula is C22H25N3O2S. The predicted molar refractivity (Wildman–Crippen MR) is 113 cm³/mol. The van der Waals surface area contributed by atoms with Crippen molar-refractivity contribution in [1.29, 1.82) is 0 Å². The molecule has 1 heterocycles. The number of carbonyl (C=O) groups is 1. The number of benzene rings is 2. The zero-order valence-electron chi connectivity index (χ0n) is 16.5. The lowest BCUT2D eigenvalue weighted by Crippen LogP contribution is -2.49. The van der Waals surface area contributed by atoms with Crippen molar-refractivity contribution in [3.8, 4) is 16.3 Å². The Bertz CT molecular complexity index is 950. The Labute approximate surface area is 169 Å². The molecule has 0 aliphatic rings. The summed E-state index contributed by atoms with van der Waals surface area (Å²) in [6.45, 7) is 5.64. The molecule has 0 aliphatic heterocycles. The number of aryl methyl sites for hydroxylation is 1. The van der Waals surface area contributed by atoms with Gasteiger partial charge >= 0.3 is 0 Å². The van der Waals surface area contributed by atoms with E-state index >= 15 is 0 Å². The van der Waals surface area contributed by atoms with Crippen LogP contribution in [0.3, 0.4) is 0 Å². The van der Waals surface area contributed by atoms with E-state index in [4.69, 9.17) is 10.5 Å². The van der Waals surface area contributed by atoms with E-state index < -0.39 is 5.54 Å². The molecule has 3 N–H and O–H groups in total. The SMILES string of the molecule is COc1ccc(-c2nc(C)c(C(C)NC(=O)C(C)(N)c3ccccc3)s2)cc1. The zero-order chi connectivity index (χ0) is 20.3. The standard InChI is InChI=1S/C22H25N3O2S/c1-14-19(28-20(24-14)16-10-12-18(27-4)13-11-16)15(2)25-21(26)22(3,23)17-8-6-5-7-9-17/h5-13,15H,23H2,1-4H3,(H,25,26). The second-order valence-electron chi connectivity index (χ2n) is 6.96. The van der Waals surface area contributed by atoms with Gasteiger partial charge in [0, 0.05) is 5.56 Å². The fourth-order valence-corrected chi connectivity index (χ4v) is 4.07. The van der Waals surface area contributed by atoms with Crippen LogP contribution in [0.25, 0.3) is 10.6 Å². The average Bonchev–Trinajstić information content (AvgIpc) is 3.10. The number of ether oxygens (including phenoxy) is 1. The molecular weight excluding hydrogens is 370 g/mol. The van der Waals surface area contributed by atoms with Crippen molar-refractivity contribution in [3.63, 3.8) is 0 Å². The summed E-state index contributed by atoms with van der Waals surface area (Å²) < 4.78 is 5.21. The van der Waals surface area contributed by atoms with Gasteiger partial charge < -0.3 is 15.8 Å². The van der Waals surface area contributed by atoms with Gasteiger partial charge in [0.15, 0.2) is 0 Å². The molecule has 0 fully saturated rings. The van der Waals surface area contributed by atoms with E-state index in [2.05, 4.69) is 10.3 Å². The molecule has 6 heteroatoms. The molecule has 2 atom stereocenters. The number of rotatable bonds is 6. The summed E-state index contributed by atoms with van der Waals surface area (Å²) in [4.78, 5) is 18.5. The van der Waals surface area contributed by atoms with Crippen LogP contribution < -0.4 is 15.8 Å². The van der Waals surface area contributed by atoms with Crippen molar-refractivity contribution in [2.24, 2.45) is 5.73 Å². The fraction of sp³-hybridized carbons (Fsp3) is 0.273. The minimum absolute atomic E-state index is 0.191. The number of aromatic nitrogens is 1. The van der Waals surface area contributed by atoms with Crippen molar-refractivity contribution in [2.75, 3.05) is 7.11 Å². The summed E-state index contributed by atoms with van der Waals surface area (Å²) in [5.41, 5.74) is 7.93. The van der Waals surface area contributed by atoms with Gasteiger partial charge in [0.25, 0.3) is 0 Å². The molecule has 3 aromatic rings. The van der Waals surface area contributed by atoms with Crippen LogP contribution in [0, 0.1) is 6.92 Å². The maximum Gasteiger partial charge on any atom is 0.244 e. The summed E-state index contributed by atoms with van der Waals surface area (Å²) in [6.07, 6.45) is 0. The number of carbonyl (C=O) groups excluding carboxylic acids is 1. The minimum Gasteiger partial charge on any atom is -0.497 e. The third-order valence-corrected chi connectivity index (χ3v) is 6.14. The minimum atomic E-state index is -1.10. The Morgan fingerprint density at radius 3 is 2.43 bits per heavy atom. The van der Waals surface area contributed by atoms with Crippen LogP contribution in [0.4, 0.5) is 0 Å². The van der Waals surface area contributed by atoms with E-state index in [0.717, 1.165) is 32.5 Å². The van der Waals surface area contributed by atoms with Gasteiger partial charge in [-0.25, -0.2) is 4.98 Å². The van der Waals surface area contributed by atoms with Gasteiger partial charge in [-0.2, -0.15) is 0 Å². The second-order valence-corrected chi connectivity index (χ2v) is 7.99. The van der Waals surface area contributed by atoms with Gasteiger partial charge in [-0.1, -0.05) is 30.3 Å². The van der Waals surface area contributed by atoms with E-state index in [1.165, 1.54) is 0 Å². The molecule has 0 spiro atoms. The van der Waals surface area contributed by atoms with Crippen molar-refractivity contribution in [1.82, 2.24) is 10.3 Å². The van der Waals surface area contributed by atoms with E-state index in [1.807, 2.05) is 68.4 Å². The first-order valence-corrected chi connectivity index (χ1v) is 9.91. The number of thiazole rings is 1. The molecule has 28 heavy (non-hydrogen) atoms. The van der Waals surface area contributed by atoms with Crippen molar-refractivity contribution in [2.45, 2.75) is 32.4 Å². The van der Waals surface area contributed by atoms with E-state index in [9.17, 15) is 4.79 Å². The Morgan fingerprint density at radius 2 is 1.82 bits per heavy atom. The molecule has 0 saturated carbocycles. The van der Waals surface area contributed by atoms with E-state index in [-0.39, 0.29) is 11.9 Å². The topological polar surface area (TPSA) is 77.2 Å². The molecule has 1 aromatic heterocycles. The molecule has 0 aliphatic carbocycles. The normalized spacial score (nSPS) is 14.2. The van der Waals surface area contributed by atoms with Crippen LogP contribution in [-0.4, -0.2) is 18.0 Å². The molecule has 1 amide bonds. The highest BCUT2D eigenvalue weighted by Crippen LogP contribution is 2.33. The van der Waals surface area contributed by atoms with Gasteiger partial charge in [0.1, 0.15) is 16.3 Å². The molecule has 2 aromatic carbocycles. The summed E-state index contributed by atoms with van der Waals surface area (Å²) in [5.74, 6) is 0.589. The number of hydrogen-bond donors (Lipinski definition) is 2. The molecule has 0 saturated heterocycles. The number of nitrogens with one attached hydrogen (secondary N) is 1. The highest BCUT2D eigenvalue weighted by molar-refractivity contribution is 7.15. The first-order valence-electron chi connectivity index (χ1n) is 9.10. The maximum absolute atomic E-state index is 12.8. The zero-order valence-corrected chi connectivity index (χ0v) is 17.3. The van der Waals surface area contributed by atoms with Crippen LogP contribution >= 0.6 is 11.3 Å². The van der Waals surface area contributed by atoms with Crippen LogP contribution in [0.2, 0.25) is 0 Å². The van der Waals surface area contributed by atoms with Crippen LogP contribution in [0.1, 0.15) is 36.0 Å². The highest BCUT2D eigenvalue weighted by Gasteiger charge is 2.32. The summed E-state index contributed by atoms with van der Waals surface area (Å²) in [7, 11) is 1.64. The van der Waals surface area contributed by atoms with Gasteiger partial charge in [-0.3, -0.25) is 4.79 Å². The number of nitrogens with zero attached hydrogens (tertiary/aromatic N) is 1. The fourth-order valence-electron chi connectivity index (χ4n) is 2.99. The lowest BCUT2D eigenvalue weighted by molar-refractivity contribution is -0.126. The Morgan fingerprint density at radius 1 is 1.18 bits per heavy atom. The molecule has 0 radical (unpaired) electrons. The van der Waals surface area contributed by atoms with E-state index in [0.29, 0.717) is 0 Å². The Kier molecular flexibility index (Phi) is 5.82. The van der Waals surface area contributed by atoms with Gasteiger partial charge in [-0.05, 0) is 50.6 Å². The van der Waals surface area contributed by atoms with Gasteiger partial charge in [0.05, 0.1) is 23.7 Å².